The van der Waals surface area contributed by atoms with Crippen LogP contribution < -0.4 is 9.80 Å². The number of Topliss-reactive ketones (excluding diaryl/α,β-unsaturated/α-hetero) is 2. The van der Waals surface area contributed by atoms with Gasteiger partial charge in [0.15, 0.2) is 23.2 Å². The average molecular weight is 1110 g/mol. The molecule has 0 unspecified atom stereocenters. The fourth-order valence-corrected chi connectivity index (χ4v) is 18.6. The third-order valence-corrected chi connectivity index (χ3v) is 23.7. The van der Waals surface area contributed by atoms with Crippen molar-refractivity contribution in [2.45, 2.75) is 151 Å². The Morgan fingerprint density at radius 1 is 0.608 bits per heavy atom. The van der Waals surface area contributed by atoms with Crippen LogP contribution in [0.4, 0.5) is 20.2 Å². The van der Waals surface area contributed by atoms with E-state index in [9.17, 15) is 28.8 Å². The summed E-state index contributed by atoms with van der Waals surface area (Å²) in [4.78, 5) is 88.2. The predicted octanol–water partition coefficient (Wildman–Crippen LogP) is 9.01. The fourth-order valence-electron chi connectivity index (χ4n) is 13.6. The second kappa shape index (κ2) is 26.8. The molecular formula is C61H82F2N4O11Si. The number of rotatable bonds is 22. The van der Waals surface area contributed by atoms with E-state index in [2.05, 4.69) is 4.90 Å². The van der Waals surface area contributed by atoms with Crippen LogP contribution in [0, 0.1) is 29.4 Å². The molecule has 0 aromatic heterocycles. The molecule has 2 amide bonds. The number of carbonyl (C=O) groups is 6. The van der Waals surface area contributed by atoms with Crippen molar-refractivity contribution in [3.05, 3.63) is 94.6 Å². The minimum atomic E-state index is -1.40. The number of carbonyl (C=O) groups excluding carboxylic acids is 6. The number of hydrogen-bond donors (Lipinski definition) is 0. The van der Waals surface area contributed by atoms with Gasteiger partial charge in [-0.15, -0.1) is 0 Å². The first kappa shape index (κ1) is 59.6. The summed E-state index contributed by atoms with van der Waals surface area (Å²) in [7, 11) is 5.69. The molecule has 0 bridgehead atoms. The molecule has 0 radical (unpaired) electrons. The van der Waals surface area contributed by atoms with Crippen LogP contribution in [0.1, 0.15) is 112 Å². The van der Waals surface area contributed by atoms with Crippen molar-refractivity contribution in [2.75, 3.05) is 78.1 Å². The first-order valence-electron chi connectivity index (χ1n) is 28.6. The molecular weight excluding hydrogens is 1030 g/mol. The standard InChI is InChI=1S/C61H82F2N4O11Si/c1-39(75-4)47(35-57(70)77-6)60(72)65-23-11-12-53(65)55(68)31-41-13-17-44(18-14-41)51-21-22-52(67(51)46-33-49(62)59(50(63)34-46)64-24-28-79(29-25-64)26-9-8-10-27-79)45-19-15-42(16-20-45)32-56(69)54-30-43(38-74-3)37-66(54)61(73)48(40(2)76-5)36-58(71)78-7/h13-20,33-34,39-40,43,47-48,51-54H,8-12,21-32,35-38H2,1-7H3/t39-,40-,43+,47+,48+,51+,52+,53+,54+/m1/s1. The van der Waals surface area contributed by atoms with Crippen molar-refractivity contribution in [1.29, 1.82) is 0 Å². The zero-order valence-corrected chi connectivity index (χ0v) is 48.4. The maximum absolute atomic E-state index is 16.7. The molecule has 5 fully saturated rings. The molecule has 0 saturated carbocycles. The molecule has 18 heteroatoms. The summed E-state index contributed by atoms with van der Waals surface area (Å²) in [5.41, 5.74) is 3.79. The quantitative estimate of drug-likeness (QED) is 0.0693. The van der Waals surface area contributed by atoms with E-state index in [1.807, 2.05) is 53.4 Å². The van der Waals surface area contributed by atoms with E-state index < -0.39 is 67.8 Å². The number of anilines is 2. The largest absolute Gasteiger partial charge is 0.469 e. The van der Waals surface area contributed by atoms with Gasteiger partial charge in [-0.1, -0.05) is 79.9 Å². The summed E-state index contributed by atoms with van der Waals surface area (Å²) in [5, 5.41) is 0. The van der Waals surface area contributed by atoms with E-state index in [4.69, 9.17) is 23.7 Å². The first-order valence-corrected chi connectivity index (χ1v) is 31.4. The molecule has 79 heavy (non-hydrogen) atoms. The topological polar surface area (TPSA) is 162 Å². The Bertz CT molecular complexity index is 2600. The minimum Gasteiger partial charge on any atom is -0.469 e. The number of ether oxygens (including phenoxy) is 5. The van der Waals surface area contributed by atoms with E-state index in [-0.39, 0.29) is 72.8 Å². The number of esters is 2. The highest BCUT2D eigenvalue weighted by Gasteiger charge is 2.45. The van der Waals surface area contributed by atoms with Gasteiger partial charge in [-0.2, -0.15) is 0 Å². The first-order chi connectivity index (χ1) is 38.0. The molecule has 0 aliphatic carbocycles. The molecule has 5 aliphatic rings. The van der Waals surface area contributed by atoms with Crippen molar-refractivity contribution in [2.24, 2.45) is 17.8 Å². The van der Waals surface area contributed by atoms with Crippen LogP contribution in [0.15, 0.2) is 60.7 Å². The molecule has 5 heterocycles. The third kappa shape index (κ3) is 13.6. The number of ketones is 2. The zero-order chi connectivity index (χ0) is 56.5. The Balaban J connectivity index is 1.03. The second-order valence-electron chi connectivity index (χ2n) is 23.0. The van der Waals surface area contributed by atoms with Crippen LogP contribution >= 0.6 is 0 Å². The Kier molecular flexibility index (Phi) is 20.2. The fraction of sp³-hybridized carbons (Fsp3) is 0.607. The molecule has 9 atom stereocenters. The van der Waals surface area contributed by atoms with Crippen molar-refractivity contribution in [3.63, 3.8) is 0 Å². The van der Waals surface area contributed by atoms with E-state index in [1.165, 1.54) is 71.9 Å². The lowest BCUT2D eigenvalue weighted by Gasteiger charge is -2.43. The number of halogens is 2. The number of amides is 2. The second-order valence-corrected chi connectivity index (χ2v) is 28.0. The molecule has 15 nitrogen and oxygen atoms in total. The maximum Gasteiger partial charge on any atom is 0.306 e. The van der Waals surface area contributed by atoms with Crippen molar-refractivity contribution < 1.29 is 61.2 Å². The Labute approximate surface area is 465 Å². The molecule has 3 aromatic carbocycles. The van der Waals surface area contributed by atoms with Crippen LogP contribution in [0.3, 0.4) is 0 Å². The van der Waals surface area contributed by atoms with Gasteiger partial charge in [0.1, 0.15) is 5.69 Å². The summed E-state index contributed by atoms with van der Waals surface area (Å²) in [6.07, 6.45) is 5.37. The highest BCUT2D eigenvalue weighted by Crippen LogP contribution is 2.49. The van der Waals surface area contributed by atoms with E-state index in [0.29, 0.717) is 70.6 Å². The SMILES string of the molecule is COC[C@H]1C[C@@H](C(=O)Cc2ccc([C@@H]3CC[C@@H](c4ccc(CC(=O)[C@@H]5CCCN5C(=O)[C@@H](CC(=O)OC)[C@@H](C)OC)cc4)N3c3cc(F)c(N4CC[Si]5(CCCCC5)CC4)c(F)c3)cc2)N(C(=O)[C@@H](CC(=O)OC)[C@@H](C)OC)C1. The lowest BCUT2D eigenvalue weighted by Crippen LogP contribution is -2.48. The van der Waals surface area contributed by atoms with Crippen LogP contribution in [-0.2, 0) is 65.3 Å². The summed E-state index contributed by atoms with van der Waals surface area (Å²) in [6, 6.07) is 21.3. The summed E-state index contributed by atoms with van der Waals surface area (Å²) in [5.74, 6) is -4.86. The molecule has 8 rings (SSSR count). The average Bonchev–Trinajstić information content (AvgIpc) is 4.41. The lowest BCUT2D eigenvalue weighted by atomic mass is 9.95. The molecule has 0 N–H and O–H groups in total. The summed E-state index contributed by atoms with van der Waals surface area (Å²) in [6.45, 7) is 5.85. The highest BCUT2D eigenvalue weighted by atomic mass is 28.3. The molecule has 430 valence electrons. The van der Waals surface area contributed by atoms with Crippen LogP contribution in [0.2, 0.25) is 24.2 Å². The van der Waals surface area contributed by atoms with E-state index in [0.717, 1.165) is 34.3 Å². The number of benzene rings is 3. The van der Waals surface area contributed by atoms with Gasteiger partial charge in [0.2, 0.25) is 11.8 Å². The Morgan fingerprint density at radius 2 is 1.10 bits per heavy atom. The molecule has 3 aromatic rings. The lowest BCUT2D eigenvalue weighted by molar-refractivity contribution is -0.152. The van der Waals surface area contributed by atoms with Gasteiger partial charge < -0.3 is 43.3 Å². The molecule has 5 saturated heterocycles. The van der Waals surface area contributed by atoms with Gasteiger partial charge in [-0.3, -0.25) is 28.8 Å². The number of hydrogen-bond acceptors (Lipinski definition) is 13. The normalized spacial score (nSPS) is 23.6. The van der Waals surface area contributed by atoms with E-state index >= 15 is 8.78 Å². The highest BCUT2D eigenvalue weighted by molar-refractivity contribution is 6.80. The maximum atomic E-state index is 16.7. The number of likely N-dealkylation sites (tertiary alicyclic amines) is 2. The number of nitrogens with zero attached hydrogens (tertiary/aromatic N) is 4. The van der Waals surface area contributed by atoms with Crippen molar-refractivity contribution in [1.82, 2.24) is 9.80 Å². The predicted molar refractivity (Wildman–Crippen MR) is 298 cm³/mol. The third-order valence-electron chi connectivity index (χ3n) is 18.3. The summed E-state index contributed by atoms with van der Waals surface area (Å²) >= 11 is 0. The smallest absolute Gasteiger partial charge is 0.306 e. The Morgan fingerprint density at radius 3 is 1.58 bits per heavy atom. The monoisotopic (exact) mass is 1110 g/mol. The zero-order valence-electron chi connectivity index (χ0n) is 47.4. The minimum absolute atomic E-state index is 0.0386. The molecule has 1 spiro atoms. The van der Waals surface area contributed by atoms with Gasteiger partial charge in [0, 0.05) is 72.0 Å². The van der Waals surface area contributed by atoms with E-state index in [1.54, 1.807) is 30.8 Å². The van der Waals surface area contributed by atoms with Gasteiger partial charge in [0.05, 0.1) is 90.0 Å². The van der Waals surface area contributed by atoms with Crippen molar-refractivity contribution in [3.8, 4) is 0 Å². The molecule has 5 aliphatic heterocycles. The van der Waals surface area contributed by atoms with Crippen LogP contribution in [0.25, 0.3) is 0 Å². The van der Waals surface area contributed by atoms with Crippen molar-refractivity contribution >= 4 is 54.8 Å². The summed E-state index contributed by atoms with van der Waals surface area (Å²) < 4.78 is 59.7. The van der Waals surface area contributed by atoms with Crippen LogP contribution in [0.5, 0.6) is 0 Å². The van der Waals surface area contributed by atoms with Gasteiger partial charge in [0.25, 0.3) is 0 Å². The van der Waals surface area contributed by atoms with Gasteiger partial charge >= 0.3 is 11.9 Å². The van der Waals surface area contributed by atoms with Gasteiger partial charge in [-0.05, 0) is 92.4 Å². The van der Waals surface area contributed by atoms with Crippen LogP contribution in [-0.4, -0.2) is 146 Å². The van der Waals surface area contributed by atoms with Gasteiger partial charge in [-0.25, -0.2) is 8.78 Å². The number of methoxy groups -OCH3 is 5. The Hall–Kier alpha value is -5.56.